The largest absolute Gasteiger partial charge is 0.463 e. The molecule has 0 spiro atoms. The molecule has 0 bridgehead atoms. The van der Waals surface area contributed by atoms with Crippen LogP contribution in [0.4, 0.5) is 0 Å². The molecule has 0 amide bonds. The first-order chi connectivity index (χ1) is 16.6. The summed E-state index contributed by atoms with van der Waals surface area (Å²) in [6, 6.07) is 0. The van der Waals surface area contributed by atoms with Gasteiger partial charge in [-0.2, -0.15) is 0 Å². The maximum absolute atomic E-state index is 12.4. The van der Waals surface area contributed by atoms with Gasteiger partial charge in [0.05, 0.1) is 0 Å². The fourth-order valence-corrected chi connectivity index (χ4v) is 10.1. The van der Waals surface area contributed by atoms with Crippen molar-refractivity contribution >= 4 is 18.2 Å². The van der Waals surface area contributed by atoms with Crippen LogP contribution in [-0.4, -0.2) is 30.4 Å². The van der Waals surface area contributed by atoms with Crippen LogP contribution in [0, 0.1) is 52.3 Å². The van der Waals surface area contributed by atoms with E-state index in [1.807, 2.05) is 0 Å². The minimum atomic E-state index is -0.189. The van der Waals surface area contributed by atoms with Gasteiger partial charge < -0.3 is 14.3 Å². The van der Waals surface area contributed by atoms with Gasteiger partial charge in [0.2, 0.25) is 0 Å². The molecule has 4 rings (SSSR count). The topological polar surface area (TPSA) is 69.7 Å². The molecule has 4 fully saturated rings. The normalized spacial score (nSPS) is 45.4. The van der Waals surface area contributed by atoms with Crippen LogP contribution in [0.5, 0.6) is 0 Å². The Kier molecular flexibility index (Phi) is 7.75. The third kappa shape index (κ3) is 4.59. The fraction of sp³-hybridized carbons (Fsp3) is 0.900. The summed E-state index contributed by atoms with van der Waals surface area (Å²) in [5.41, 5.74) is 0.444. The maximum Gasteiger partial charge on any atom is 0.302 e. The molecule has 0 aromatic heterocycles. The van der Waals surface area contributed by atoms with Crippen molar-refractivity contribution in [2.45, 2.75) is 118 Å². The average molecular weight is 489 g/mol. The highest BCUT2D eigenvalue weighted by atomic mass is 16.5. The van der Waals surface area contributed by atoms with E-state index >= 15 is 0 Å². The number of rotatable bonds is 7. The molecule has 198 valence electrons. The van der Waals surface area contributed by atoms with Gasteiger partial charge in [0, 0.05) is 26.2 Å². The zero-order valence-corrected chi connectivity index (χ0v) is 22.9. The van der Waals surface area contributed by atoms with Crippen molar-refractivity contribution < 1.29 is 23.9 Å². The van der Waals surface area contributed by atoms with Crippen LogP contribution >= 0.6 is 0 Å². The molecule has 0 aliphatic heterocycles. The number of hydrogen-bond donors (Lipinski definition) is 0. The van der Waals surface area contributed by atoms with Crippen molar-refractivity contribution in [3.8, 4) is 0 Å². The van der Waals surface area contributed by atoms with Crippen molar-refractivity contribution in [1.29, 1.82) is 0 Å². The molecule has 4 unspecified atom stereocenters. The first-order valence-electron chi connectivity index (χ1n) is 14.3. The van der Waals surface area contributed by atoms with E-state index < -0.39 is 0 Å². The van der Waals surface area contributed by atoms with E-state index in [9.17, 15) is 14.4 Å². The zero-order valence-electron chi connectivity index (χ0n) is 22.9. The van der Waals surface area contributed by atoms with E-state index in [1.165, 1.54) is 32.6 Å². The lowest BCUT2D eigenvalue weighted by atomic mass is 9.41. The summed E-state index contributed by atoms with van der Waals surface area (Å²) in [5, 5.41) is 0. The van der Waals surface area contributed by atoms with Crippen molar-refractivity contribution in [1.82, 2.24) is 0 Å². The molecule has 0 radical (unpaired) electrons. The molecule has 0 N–H and O–H groups in total. The number of esters is 2. The summed E-state index contributed by atoms with van der Waals surface area (Å²) in [5.74, 6) is 3.05. The highest BCUT2D eigenvalue weighted by Crippen LogP contribution is 2.70. The lowest BCUT2D eigenvalue weighted by Gasteiger charge is -2.65. The van der Waals surface area contributed by atoms with Gasteiger partial charge in [0.15, 0.2) is 0 Å². The smallest absolute Gasteiger partial charge is 0.302 e. The Balaban J connectivity index is 1.69. The summed E-state index contributed by atoms with van der Waals surface area (Å²) < 4.78 is 12.0. The van der Waals surface area contributed by atoms with Crippen LogP contribution in [0.1, 0.15) is 106 Å². The summed E-state index contributed by atoms with van der Waals surface area (Å²) in [4.78, 5) is 35.2. The van der Waals surface area contributed by atoms with E-state index in [4.69, 9.17) is 9.47 Å². The molecule has 5 heteroatoms. The molecule has 0 heterocycles. The van der Waals surface area contributed by atoms with Crippen LogP contribution in [0.25, 0.3) is 0 Å². The van der Waals surface area contributed by atoms with E-state index in [0.29, 0.717) is 47.8 Å². The number of aldehydes is 1. The third-order valence-electron chi connectivity index (χ3n) is 11.5. The summed E-state index contributed by atoms with van der Waals surface area (Å²) in [6.07, 6.45) is 11.4. The van der Waals surface area contributed by atoms with Crippen molar-refractivity contribution in [2.24, 2.45) is 52.3 Å². The van der Waals surface area contributed by atoms with Gasteiger partial charge in [-0.3, -0.25) is 9.59 Å². The van der Waals surface area contributed by atoms with Crippen molar-refractivity contribution in [2.75, 3.05) is 0 Å². The Bertz CT molecular complexity index is 809. The summed E-state index contributed by atoms with van der Waals surface area (Å²) >= 11 is 0. The molecule has 0 saturated heterocycles. The molecule has 0 aromatic carbocycles. The molecular formula is C30H48O5. The van der Waals surface area contributed by atoms with Gasteiger partial charge in [-0.15, -0.1) is 0 Å². The number of hydrogen-bond acceptors (Lipinski definition) is 5. The number of carbonyl (C=O) groups excluding carboxylic acids is 3. The molecular weight excluding hydrogens is 440 g/mol. The lowest BCUT2D eigenvalue weighted by Crippen LogP contribution is -2.63. The molecule has 11 atom stereocenters. The summed E-state index contributed by atoms with van der Waals surface area (Å²) in [6.45, 7) is 12.7. The number of fused-ring (bicyclic) bond motifs is 5. The van der Waals surface area contributed by atoms with Crippen molar-refractivity contribution in [3.63, 3.8) is 0 Å². The van der Waals surface area contributed by atoms with Gasteiger partial charge in [-0.25, -0.2) is 0 Å². The second kappa shape index (κ2) is 10.2. The number of ether oxygens (including phenoxy) is 2. The molecule has 0 aromatic rings. The number of carbonyl (C=O) groups is 3. The van der Waals surface area contributed by atoms with Crippen molar-refractivity contribution in [3.05, 3.63) is 0 Å². The first kappa shape index (κ1) is 26.7. The minimum Gasteiger partial charge on any atom is -0.463 e. The minimum absolute atomic E-state index is 0.0162. The van der Waals surface area contributed by atoms with E-state index in [0.717, 1.165) is 38.4 Å². The second-order valence-electron chi connectivity index (χ2n) is 13.0. The SMILES string of the molecule is CC[C@@H]1C2C[C@H](OC(C)=O)CCC2(C)[C@H]2CCC3(C)C([C@H](C)CCC=O)CC[C@H]3[C@@H]2[C@@H]1OC(C)=O. The Morgan fingerprint density at radius 1 is 0.943 bits per heavy atom. The first-order valence-corrected chi connectivity index (χ1v) is 14.3. The standard InChI is InChI=1S/C30H48O5/c1-7-22-26-17-21(34-19(3)32)12-14-30(26,6)25-13-15-29(5)23(18(2)9-8-16-31)10-11-24(29)27(25)28(22)35-20(4)33/h16,18,21-28H,7-15,17H2,1-6H3/t18-,21-,22-,23?,24+,25+,26?,27+,28-,29?,30?/m1/s1. The highest BCUT2D eigenvalue weighted by Gasteiger charge is 2.66. The van der Waals surface area contributed by atoms with Gasteiger partial charge in [-0.05, 0) is 104 Å². The Hall–Kier alpha value is -1.39. The lowest BCUT2D eigenvalue weighted by molar-refractivity contribution is -0.219. The van der Waals surface area contributed by atoms with Gasteiger partial charge in [-0.1, -0.05) is 27.7 Å². The fourth-order valence-electron chi connectivity index (χ4n) is 10.1. The van der Waals surface area contributed by atoms with Gasteiger partial charge >= 0.3 is 11.9 Å². The van der Waals surface area contributed by atoms with Crippen LogP contribution < -0.4 is 0 Å². The third-order valence-corrected chi connectivity index (χ3v) is 11.5. The maximum atomic E-state index is 12.4. The predicted octanol–water partition coefficient (Wildman–Crippen LogP) is 6.37. The van der Waals surface area contributed by atoms with Crippen LogP contribution in [-0.2, 0) is 23.9 Å². The molecule has 35 heavy (non-hydrogen) atoms. The van der Waals surface area contributed by atoms with E-state index in [1.54, 1.807) is 6.92 Å². The molecule has 4 aliphatic carbocycles. The summed E-state index contributed by atoms with van der Waals surface area (Å²) in [7, 11) is 0. The van der Waals surface area contributed by atoms with Crippen LogP contribution in [0.15, 0.2) is 0 Å². The van der Waals surface area contributed by atoms with E-state index in [-0.39, 0.29) is 35.0 Å². The quantitative estimate of drug-likeness (QED) is 0.308. The Labute approximate surface area is 212 Å². The van der Waals surface area contributed by atoms with Gasteiger partial charge in [0.1, 0.15) is 18.5 Å². The zero-order chi connectivity index (χ0) is 25.5. The van der Waals surface area contributed by atoms with Crippen LogP contribution in [0.2, 0.25) is 0 Å². The van der Waals surface area contributed by atoms with Gasteiger partial charge in [0.25, 0.3) is 0 Å². The second-order valence-corrected chi connectivity index (χ2v) is 13.0. The Morgan fingerprint density at radius 3 is 2.23 bits per heavy atom. The monoisotopic (exact) mass is 488 g/mol. The predicted molar refractivity (Wildman–Crippen MR) is 135 cm³/mol. The van der Waals surface area contributed by atoms with Crippen LogP contribution in [0.3, 0.4) is 0 Å². The molecule has 5 nitrogen and oxygen atoms in total. The van der Waals surface area contributed by atoms with E-state index in [2.05, 4.69) is 27.7 Å². The molecule has 4 saturated carbocycles. The highest BCUT2D eigenvalue weighted by molar-refractivity contribution is 5.66. The molecule has 4 aliphatic rings. The average Bonchev–Trinajstić information content (AvgIpc) is 3.15. The Morgan fingerprint density at radius 2 is 1.60 bits per heavy atom.